The van der Waals surface area contributed by atoms with Crippen LogP contribution in [0.3, 0.4) is 0 Å². The Morgan fingerprint density at radius 3 is 2.71 bits per heavy atom. The molecule has 0 radical (unpaired) electrons. The highest BCUT2D eigenvalue weighted by atomic mass is 127. The summed E-state index contributed by atoms with van der Waals surface area (Å²) in [7, 11) is 0. The van der Waals surface area contributed by atoms with Crippen LogP contribution in [0.5, 0.6) is 0 Å². The van der Waals surface area contributed by atoms with Gasteiger partial charge in [-0.2, -0.15) is 0 Å². The van der Waals surface area contributed by atoms with E-state index < -0.39 is 0 Å². The van der Waals surface area contributed by atoms with E-state index in [-0.39, 0.29) is 24.0 Å². The molecule has 0 aromatic carbocycles. The molecule has 24 heavy (non-hydrogen) atoms. The molecule has 2 rings (SSSR count). The highest BCUT2D eigenvalue weighted by molar-refractivity contribution is 14.0. The molecule has 1 saturated heterocycles. The fourth-order valence-corrected chi connectivity index (χ4v) is 3.38. The average molecular weight is 466 g/mol. The molecule has 5 nitrogen and oxygen atoms in total. The van der Waals surface area contributed by atoms with Gasteiger partial charge in [0.2, 0.25) is 0 Å². The number of rotatable bonds is 8. The third-order valence-corrected chi connectivity index (χ3v) is 4.82. The molecule has 1 aliphatic rings. The molecule has 0 aliphatic carbocycles. The maximum Gasteiger partial charge on any atom is 0.191 e. The number of ether oxygens (including phenoxy) is 1. The number of nitrogens with zero attached hydrogens (tertiary/aromatic N) is 2. The van der Waals surface area contributed by atoms with Crippen LogP contribution in [0.2, 0.25) is 0 Å². The summed E-state index contributed by atoms with van der Waals surface area (Å²) in [6.07, 6.45) is 2.39. The Balaban J connectivity index is 0.00000288. The molecule has 7 heteroatoms. The van der Waals surface area contributed by atoms with E-state index >= 15 is 0 Å². The molecule has 138 valence electrons. The van der Waals surface area contributed by atoms with Crippen molar-refractivity contribution in [1.82, 2.24) is 15.5 Å². The summed E-state index contributed by atoms with van der Waals surface area (Å²) in [4.78, 5) is 9.81. The minimum absolute atomic E-state index is 0. The van der Waals surface area contributed by atoms with Crippen molar-refractivity contribution >= 4 is 41.3 Å². The number of nitrogens with one attached hydrogen (secondary N) is 2. The normalized spacial score (nSPS) is 15.8. The first-order chi connectivity index (χ1) is 11.3. The Morgan fingerprint density at radius 2 is 2.04 bits per heavy atom. The number of hydrogen-bond donors (Lipinski definition) is 2. The van der Waals surface area contributed by atoms with Crippen molar-refractivity contribution in [2.75, 3.05) is 45.9 Å². The zero-order valence-corrected chi connectivity index (χ0v) is 18.0. The quantitative estimate of drug-likeness (QED) is 0.268. The summed E-state index contributed by atoms with van der Waals surface area (Å²) in [6.45, 7) is 12.0. The number of aryl methyl sites for hydroxylation is 1. The number of hydrogen-bond acceptors (Lipinski definition) is 4. The number of thiophene rings is 1. The van der Waals surface area contributed by atoms with Crippen molar-refractivity contribution in [2.24, 2.45) is 4.99 Å². The lowest BCUT2D eigenvalue weighted by atomic mass is 10.3. The molecule has 0 spiro atoms. The van der Waals surface area contributed by atoms with E-state index in [9.17, 15) is 0 Å². The van der Waals surface area contributed by atoms with Crippen LogP contribution in [0.25, 0.3) is 0 Å². The monoisotopic (exact) mass is 466 g/mol. The van der Waals surface area contributed by atoms with Crippen LogP contribution >= 0.6 is 35.3 Å². The van der Waals surface area contributed by atoms with Gasteiger partial charge in [0.05, 0.1) is 19.8 Å². The second-order valence-corrected chi connectivity index (χ2v) is 7.17. The fourth-order valence-electron chi connectivity index (χ4n) is 2.56. The third kappa shape index (κ3) is 8.64. The molecule has 2 heterocycles. The Morgan fingerprint density at radius 1 is 1.25 bits per heavy atom. The molecular formula is C17H31IN4OS. The lowest BCUT2D eigenvalue weighted by Crippen LogP contribution is -2.39. The van der Waals surface area contributed by atoms with Gasteiger partial charge in [-0.25, -0.2) is 4.99 Å². The summed E-state index contributed by atoms with van der Waals surface area (Å²) in [5, 5.41) is 6.75. The smallest absolute Gasteiger partial charge is 0.191 e. The van der Waals surface area contributed by atoms with E-state index in [1.165, 1.54) is 29.1 Å². The first-order valence-corrected chi connectivity index (χ1v) is 9.47. The van der Waals surface area contributed by atoms with E-state index in [4.69, 9.17) is 4.74 Å². The van der Waals surface area contributed by atoms with Crippen molar-refractivity contribution < 1.29 is 4.74 Å². The van der Waals surface area contributed by atoms with E-state index in [1.54, 1.807) is 0 Å². The van der Waals surface area contributed by atoms with Gasteiger partial charge < -0.3 is 15.4 Å². The van der Waals surface area contributed by atoms with Gasteiger partial charge in [-0.3, -0.25) is 4.90 Å². The molecule has 0 unspecified atom stereocenters. The summed E-state index contributed by atoms with van der Waals surface area (Å²) in [6, 6.07) is 4.32. The molecule has 0 amide bonds. The summed E-state index contributed by atoms with van der Waals surface area (Å²) in [5.74, 6) is 0.921. The SMILES string of the molecule is CCNC(=NCc1ccc(C)s1)NCCCCN1CCOCC1.I. The van der Waals surface area contributed by atoms with E-state index in [0.29, 0.717) is 0 Å². The molecule has 0 saturated carbocycles. The molecule has 0 bridgehead atoms. The van der Waals surface area contributed by atoms with E-state index in [1.807, 2.05) is 11.3 Å². The van der Waals surface area contributed by atoms with Gasteiger partial charge in [-0.15, -0.1) is 35.3 Å². The van der Waals surface area contributed by atoms with Crippen molar-refractivity contribution in [3.05, 3.63) is 21.9 Å². The van der Waals surface area contributed by atoms with Gasteiger partial charge in [0.25, 0.3) is 0 Å². The van der Waals surface area contributed by atoms with Gasteiger partial charge in [-0.05, 0) is 45.4 Å². The molecule has 1 fully saturated rings. The summed E-state index contributed by atoms with van der Waals surface area (Å²) in [5.41, 5.74) is 0. The second kappa shape index (κ2) is 12.9. The Bertz CT molecular complexity index is 475. The minimum atomic E-state index is 0. The lowest BCUT2D eigenvalue weighted by Gasteiger charge is -2.26. The standard InChI is InChI=1S/C17H30N4OS.HI/c1-3-18-17(20-14-16-7-6-15(2)23-16)19-8-4-5-9-21-10-12-22-13-11-21;/h6-7H,3-5,8-14H2,1-2H3,(H2,18,19,20);1H. The predicted octanol–water partition coefficient (Wildman–Crippen LogP) is 2.84. The van der Waals surface area contributed by atoms with Crippen LogP contribution in [0, 0.1) is 6.92 Å². The van der Waals surface area contributed by atoms with Crippen molar-refractivity contribution in [1.29, 1.82) is 0 Å². The molecule has 1 aliphatic heterocycles. The Labute approximate surface area is 167 Å². The largest absolute Gasteiger partial charge is 0.379 e. The molecular weight excluding hydrogens is 435 g/mol. The minimum Gasteiger partial charge on any atom is -0.379 e. The maximum atomic E-state index is 5.37. The van der Waals surface area contributed by atoms with Gasteiger partial charge >= 0.3 is 0 Å². The van der Waals surface area contributed by atoms with E-state index in [0.717, 1.165) is 51.9 Å². The number of morpholine rings is 1. The van der Waals surface area contributed by atoms with Gasteiger partial charge in [0.15, 0.2) is 5.96 Å². The fraction of sp³-hybridized carbons (Fsp3) is 0.706. The molecule has 1 aromatic rings. The highest BCUT2D eigenvalue weighted by Crippen LogP contribution is 2.15. The Hall–Kier alpha value is -0.380. The van der Waals surface area contributed by atoms with Crippen molar-refractivity contribution in [3.8, 4) is 0 Å². The number of guanidine groups is 1. The van der Waals surface area contributed by atoms with Crippen LogP contribution in [-0.4, -0.2) is 56.8 Å². The van der Waals surface area contributed by atoms with Crippen LogP contribution < -0.4 is 10.6 Å². The Kier molecular flexibility index (Phi) is 11.7. The van der Waals surface area contributed by atoms with Crippen molar-refractivity contribution in [2.45, 2.75) is 33.2 Å². The van der Waals surface area contributed by atoms with Crippen LogP contribution in [-0.2, 0) is 11.3 Å². The van der Waals surface area contributed by atoms with Gasteiger partial charge in [0, 0.05) is 35.9 Å². The number of halogens is 1. The van der Waals surface area contributed by atoms with Crippen LogP contribution in [0.15, 0.2) is 17.1 Å². The summed E-state index contributed by atoms with van der Waals surface area (Å²) < 4.78 is 5.37. The van der Waals surface area contributed by atoms with Crippen molar-refractivity contribution in [3.63, 3.8) is 0 Å². The topological polar surface area (TPSA) is 48.9 Å². The third-order valence-electron chi connectivity index (χ3n) is 3.83. The second-order valence-electron chi connectivity index (χ2n) is 5.80. The zero-order chi connectivity index (χ0) is 16.3. The number of aliphatic imine (C=N–C) groups is 1. The van der Waals surface area contributed by atoms with Gasteiger partial charge in [-0.1, -0.05) is 0 Å². The predicted molar refractivity (Wildman–Crippen MR) is 114 cm³/mol. The average Bonchev–Trinajstić information content (AvgIpc) is 2.98. The molecule has 1 aromatic heterocycles. The highest BCUT2D eigenvalue weighted by Gasteiger charge is 2.09. The van der Waals surface area contributed by atoms with Gasteiger partial charge in [0.1, 0.15) is 0 Å². The van der Waals surface area contributed by atoms with Crippen LogP contribution in [0.1, 0.15) is 29.5 Å². The maximum absolute atomic E-state index is 5.37. The lowest BCUT2D eigenvalue weighted by molar-refractivity contribution is 0.0372. The van der Waals surface area contributed by atoms with Crippen LogP contribution in [0.4, 0.5) is 0 Å². The first-order valence-electron chi connectivity index (χ1n) is 8.65. The molecule has 0 atom stereocenters. The zero-order valence-electron chi connectivity index (χ0n) is 14.8. The first kappa shape index (κ1) is 21.7. The number of unbranched alkanes of at least 4 members (excludes halogenated alkanes) is 1. The summed E-state index contributed by atoms with van der Waals surface area (Å²) >= 11 is 1.82. The van der Waals surface area contributed by atoms with E-state index in [2.05, 4.69) is 46.5 Å². The molecule has 2 N–H and O–H groups in total.